The van der Waals surface area contributed by atoms with Gasteiger partial charge in [0, 0.05) is 11.4 Å². The molecule has 0 saturated carbocycles. The lowest BCUT2D eigenvalue weighted by Gasteiger charge is -2.05. The molecule has 0 spiro atoms. The molecule has 1 aromatic carbocycles. The molecular weight excluding hydrogens is 254 g/mol. The Labute approximate surface area is 111 Å². The number of anilines is 1. The molecule has 0 aliphatic carbocycles. The van der Waals surface area contributed by atoms with Crippen molar-refractivity contribution in [2.75, 3.05) is 11.5 Å². The molecule has 1 unspecified atom stereocenters. The van der Waals surface area contributed by atoms with Crippen LogP contribution in [0.15, 0.2) is 23.1 Å². The summed E-state index contributed by atoms with van der Waals surface area (Å²) >= 11 is 6.01. The van der Waals surface area contributed by atoms with Crippen LogP contribution in [0.25, 0.3) is 0 Å². The minimum Gasteiger partial charge on any atom is -0.399 e. The number of hydrogen-bond acceptors (Lipinski definition) is 2. The zero-order chi connectivity index (χ0) is 12.7. The van der Waals surface area contributed by atoms with Gasteiger partial charge in [-0.1, -0.05) is 44.2 Å². The van der Waals surface area contributed by atoms with E-state index in [0.29, 0.717) is 21.4 Å². The molecule has 17 heavy (non-hydrogen) atoms. The van der Waals surface area contributed by atoms with Crippen LogP contribution in [-0.4, -0.2) is 9.96 Å². The fraction of sp³-hybridized carbons (Fsp3) is 0.538. The number of nitrogen functional groups attached to an aromatic ring is 1. The topological polar surface area (TPSA) is 43.1 Å². The third-order valence-corrected chi connectivity index (χ3v) is 4.57. The number of unbranched alkanes of at least 4 members (excludes halogenated alkanes) is 4. The summed E-state index contributed by atoms with van der Waals surface area (Å²) in [6, 6.07) is 5.17. The fourth-order valence-electron chi connectivity index (χ4n) is 1.65. The van der Waals surface area contributed by atoms with Gasteiger partial charge in [0.2, 0.25) is 0 Å². The fourth-order valence-corrected chi connectivity index (χ4v) is 3.28. The van der Waals surface area contributed by atoms with Crippen LogP contribution in [0.1, 0.15) is 39.0 Å². The molecule has 0 radical (unpaired) electrons. The van der Waals surface area contributed by atoms with Crippen molar-refractivity contribution in [1.29, 1.82) is 0 Å². The summed E-state index contributed by atoms with van der Waals surface area (Å²) in [5, 5.41) is 0.511. The number of nitrogens with two attached hydrogens (primary N) is 1. The molecule has 0 heterocycles. The van der Waals surface area contributed by atoms with Crippen LogP contribution in [0.3, 0.4) is 0 Å². The number of benzene rings is 1. The molecule has 96 valence electrons. The average Bonchev–Trinajstić information content (AvgIpc) is 2.28. The Bertz CT molecular complexity index is 382. The van der Waals surface area contributed by atoms with Crippen LogP contribution in [0.5, 0.6) is 0 Å². The molecule has 0 fully saturated rings. The van der Waals surface area contributed by atoms with Gasteiger partial charge in [0.1, 0.15) is 0 Å². The van der Waals surface area contributed by atoms with E-state index in [9.17, 15) is 4.21 Å². The summed E-state index contributed by atoms with van der Waals surface area (Å²) in [7, 11) is -0.996. The Kier molecular flexibility index (Phi) is 6.60. The highest BCUT2D eigenvalue weighted by atomic mass is 35.5. The quantitative estimate of drug-likeness (QED) is 0.603. The first-order valence-electron chi connectivity index (χ1n) is 6.08. The summed E-state index contributed by atoms with van der Waals surface area (Å²) in [4.78, 5) is 0.705. The highest BCUT2D eigenvalue weighted by Gasteiger charge is 2.08. The monoisotopic (exact) mass is 273 g/mol. The standard InChI is InChI=1S/C13H20ClNOS/c1-2-3-4-5-6-9-17(16)13-8-7-11(15)10-12(13)14/h7-8,10H,2-6,9,15H2,1H3. The van der Waals surface area contributed by atoms with Crippen molar-refractivity contribution in [2.45, 2.75) is 43.9 Å². The van der Waals surface area contributed by atoms with Crippen LogP contribution in [0.4, 0.5) is 5.69 Å². The Morgan fingerprint density at radius 3 is 2.59 bits per heavy atom. The lowest BCUT2D eigenvalue weighted by atomic mass is 10.2. The lowest BCUT2D eigenvalue weighted by Crippen LogP contribution is -1.99. The van der Waals surface area contributed by atoms with E-state index in [1.807, 2.05) is 0 Å². The summed E-state index contributed by atoms with van der Waals surface area (Å²) in [5.41, 5.74) is 6.21. The van der Waals surface area contributed by atoms with Gasteiger partial charge in [0.05, 0.1) is 20.7 Å². The van der Waals surface area contributed by atoms with E-state index in [1.165, 1.54) is 19.3 Å². The van der Waals surface area contributed by atoms with Gasteiger partial charge in [-0.3, -0.25) is 4.21 Å². The predicted octanol–water partition coefficient (Wildman–Crippen LogP) is 4.00. The molecule has 0 aliphatic rings. The number of halogens is 1. The first-order chi connectivity index (χ1) is 8.15. The second kappa shape index (κ2) is 7.72. The van der Waals surface area contributed by atoms with Crippen molar-refractivity contribution in [2.24, 2.45) is 0 Å². The maximum atomic E-state index is 12.0. The molecule has 1 aromatic rings. The van der Waals surface area contributed by atoms with E-state index in [0.717, 1.165) is 12.8 Å². The van der Waals surface area contributed by atoms with Crippen LogP contribution < -0.4 is 5.73 Å². The van der Waals surface area contributed by atoms with Crippen molar-refractivity contribution in [3.05, 3.63) is 23.2 Å². The molecule has 2 nitrogen and oxygen atoms in total. The molecule has 1 atom stereocenters. The Morgan fingerprint density at radius 2 is 1.94 bits per heavy atom. The third-order valence-electron chi connectivity index (χ3n) is 2.63. The summed E-state index contributed by atoms with van der Waals surface area (Å²) < 4.78 is 12.0. The number of hydrogen-bond donors (Lipinski definition) is 1. The van der Waals surface area contributed by atoms with Crippen LogP contribution in [0, 0.1) is 0 Å². The zero-order valence-corrected chi connectivity index (χ0v) is 11.8. The second-order valence-electron chi connectivity index (χ2n) is 4.15. The van der Waals surface area contributed by atoms with Crippen molar-refractivity contribution in [3.63, 3.8) is 0 Å². The molecule has 0 aromatic heterocycles. The predicted molar refractivity (Wildman–Crippen MR) is 75.9 cm³/mol. The second-order valence-corrected chi connectivity index (χ2v) is 6.10. The van der Waals surface area contributed by atoms with Crippen molar-refractivity contribution in [3.8, 4) is 0 Å². The third kappa shape index (κ3) is 5.09. The molecular formula is C13H20ClNOS. The largest absolute Gasteiger partial charge is 0.399 e. The molecule has 0 saturated heterocycles. The van der Waals surface area contributed by atoms with Gasteiger partial charge in [-0.25, -0.2) is 0 Å². The maximum absolute atomic E-state index is 12.0. The molecule has 0 amide bonds. The molecule has 0 bridgehead atoms. The van der Waals surface area contributed by atoms with Crippen molar-refractivity contribution >= 4 is 28.1 Å². The first kappa shape index (κ1) is 14.5. The van der Waals surface area contributed by atoms with Gasteiger partial charge in [0.25, 0.3) is 0 Å². The van der Waals surface area contributed by atoms with Crippen LogP contribution in [-0.2, 0) is 10.8 Å². The molecule has 0 aliphatic heterocycles. The Balaban J connectivity index is 2.42. The average molecular weight is 274 g/mol. The molecule has 2 N–H and O–H groups in total. The molecule has 4 heteroatoms. The van der Waals surface area contributed by atoms with E-state index in [1.54, 1.807) is 18.2 Å². The summed E-state index contributed by atoms with van der Waals surface area (Å²) in [6.45, 7) is 2.19. The first-order valence-corrected chi connectivity index (χ1v) is 7.78. The van der Waals surface area contributed by atoms with Gasteiger partial charge in [-0.2, -0.15) is 0 Å². The summed E-state index contributed by atoms with van der Waals surface area (Å²) in [5.74, 6) is 0.688. The zero-order valence-electron chi connectivity index (χ0n) is 10.2. The molecule has 1 rings (SSSR count). The van der Waals surface area contributed by atoms with Gasteiger partial charge < -0.3 is 5.73 Å². The van der Waals surface area contributed by atoms with Crippen molar-refractivity contribution in [1.82, 2.24) is 0 Å². The van der Waals surface area contributed by atoms with E-state index in [-0.39, 0.29) is 0 Å². The van der Waals surface area contributed by atoms with Gasteiger partial charge >= 0.3 is 0 Å². The van der Waals surface area contributed by atoms with E-state index in [2.05, 4.69) is 6.92 Å². The Hall–Kier alpha value is -0.540. The van der Waals surface area contributed by atoms with Gasteiger partial charge in [-0.05, 0) is 24.6 Å². The normalized spacial score (nSPS) is 12.6. The van der Waals surface area contributed by atoms with E-state index < -0.39 is 10.8 Å². The van der Waals surface area contributed by atoms with Crippen molar-refractivity contribution < 1.29 is 4.21 Å². The van der Waals surface area contributed by atoms with Gasteiger partial charge in [0.15, 0.2) is 0 Å². The SMILES string of the molecule is CCCCCCCS(=O)c1ccc(N)cc1Cl. The highest BCUT2D eigenvalue weighted by Crippen LogP contribution is 2.23. The minimum atomic E-state index is -0.996. The number of rotatable bonds is 7. The lowest BCUT2D eigenvalue weighted by molar-refractivity contribution is 0.647. The highest BCUT2D eigenvalue weighted by molar-refractivity contribution is 7.85. The minimum absolute atomic E-state index is 0.511. The van der Waals surface area contributed by atoms with E-state index in [4.69, 9.17) is 17.3 Å². The van der Waals surface area contributed by atoms with E-state index >= 15 is 0 Å². The van der Waals surface area contributed by atoms with Gasteiger partial charge in [-0.15, -0.1) is 0 Å². The Morgan fingerprint density at radius 1 is 1.24 bits per heavy atom. The van der Waals surface area contributed by atoms with Crippen LogP contribution in [0.2, 0.25) is 5.02 Å². The van der Waals surface area contributed by atoms with Crippen LogP contribution >= 0.6 is 11.6 Å². The summed E-state index contributed by atoms with van der Waals surface area (Å²) in [6.07, 6.45) is 5.85. The maximum Gasteiger partial charge on any atom is 0.0587 e. The smallest absolute Gasteiger partial charge is 0.0587 e.